The van der Waals surface area contributed by atoms with Gasteiger partial charge in [-0.25, -0.2) is 0 Å². The molecule has 2 aromatic rings. The van der Waals surface area contributed by atoms with Gasteiger partial charge in [-0.15, -0.1) is 0 Å². The van der Waals surface area contributed by atoms with Crippen LogP contribution in [0.4, 0.5) is 0 Å². The molecule has 0 spiro atoms. The third-order valence-corrected chi connectivity index (χ3v) is 4.62. The number of benzene rings is 1. The van der Waals surface area contributed by atoms with E-state index in [1.807, 2.05) is 30.2 Å². The number of amides is 1. The van der Waals surface area contributed by atoms with Crippen molar-refractivity contribution in [1.82, 2.24) is 14.7 Å². The van der Waals surface area contributed by atoms with Crippen molar-refractivity contribution in [2.75, 3.05) is 13.1 Å². The summed E-state index contributed by atoms with van der Waals surface area (Å²) < 4.78 is 1.79. The predicted octanol–water partition coefficient (Wildman–Crippen LogP) is 3.17. The van der Waals surface area contributed by atoms with Crippen molar-refractivity contribution in [3.8, 4) is 0 Å². The van der Waals surface area contributed by atoms with Crippen LogP contribution in [0, 0.1) is 5.41 Å². The first-order valence-corrected chi connectivity index (χ1v) is 7.89. The lowest BCUT2D eigenvalue weighted by Crippen LogP contribution is -2.30. The first-order chi connectivity index (χ1) is 10.5. The van der Waals surface area contributed by atoms with E-state index in [0.717, 1.165) is 19.6 Å². The van der Waals surface area contributed by atoms with Crippen LogP contribution < -0.4 is 0 Å². The zero-order valence-electron chi connectivity index (χ0n) is 13.5. The van der Waals surface area contributed by atoms with Gasteiger partial charge in [0.15, 0.2) is 0 Å². The molecule has 1 fully saturated rings. The van der Waals surface area contributed by atoms with Crippen LogP contribution in [0.15, 0.2) is 42.6 Å². The monoisotopic (exact) mass is 297 g/mol. The zero-order valence-corrected chi connectivity index (χ0v) is 13.5. The minimum absolute atomic E-state index is 0.0405. The van der Waals surface area contributed by atoms with E-state index in [4.69, 9.17) is 0 Å². The third kappa shape index (κ3) is 2.65. The molecule has 116 valence electrons. The standard InChI is InChI=1S/C18H23N3O/c1-4-21-11-10-16(19-21)17(22)20-12-15(18(2,3)13-20)14-8-6-5-7-9-14/h5-11,15H,4,12-13H2,1-3H3/t15-/m1/s1. The molecule has 0 aliphatic carbocycles. The molecule has 4 heteroatoms. The SMILES string of the molecule is CCn1ccc(C(=O)N2C[C@H](c3ccccc3)C(C)(C)C2)n1. The minimum Gasteiger partial charge on any atom is -0.336 e. The molecule has 1 aliphatic heterocycles. The van der Waals surface area contributed by atoms with Gasteiger partial charge in [-0.05, 0) is 24.0 Å². The summed E-state index contributed by atoms with van der Waals surface area (Å²) in [6.45, 7) is 8.81. The van der Waals surface area contributed by atoms with Gasteiger partial charge in [-0.3, -0.25) is 9.48 Å². The smallest absolute Gasteiger partial charge is 0.274 e. The maximum Gasteiger partial charge on any atom is 0.274 e. The molecular formula is C18H23N3O. The third-order valence-electron chi connectivity index (χ3n) is 4.62. The van der Waals surface area contributed by atoms with Gasteiger partial charge in [0.05, 0.1) is 0 Å². The second-order valence-corrected chi connectivity index (χ2v) is 6.69. The Kier molecular flexibility index (Phi) is 3.77. The zero-order chi connectivity index (χ0) is 15.7. The Bertz CT molecular complexity index is 660. The van der Waals surface area contributed by atoms with Crippen molar-refractivity contribution >= 4 is 5.91 Å². The van der Waals surface area contributed by atoms with Gasteiger partial charge in [0.25, 0.3) is 5.91 Å². The number of nitrogens with zero attached hydrogens (tertiary/aromatic N) is 3. The van der Waals surface area contributed by atoms with E-state index < -0.39 is 0 Å². The molecule has 1 aliphatic rings. The molecular weight excluding hydrogens is 274 g/mol. The van der Waals surface area contributed by atoms with E-state index in [0.29, 0.717) is 11.6 Å². The maximum absolute atomic E-state index is 12.7. The van der Waals surface area contributed by atoms with Crippen molar-refractivity contribution in [3.05, 3.63) is 53.9 Å². The fourth-order valence-corrected chi connectivity index (χ4v) is 3.34. The summed E-state index contributed by atoms with van der Waals surface area (Å²) in [5, 5.41) is 4.34. The molecule has 0 unspecified atom stereocenters. The van der Waals surface area contributed by atoms with Gasteiger partial charge in [0, 0.05) is 31.7 Å². The molecule has 22 heavy (non-hydrogen) atoms. The van der Waals surface area contributed by atoms with Gasteiger partial charge >= 0.3 is 0 Å². The van der Waals surface area contributed by atoms with Crippen LogP contribution in [-0.4, -0.2) is 33.7 Å². The van der Waals surface area contributed by atoms with Crippen LogP contribution in [0.2, 0.25) is 0 Å². The highest BCUT2D eigenvalue weighted by molar-refractivity contribution is 5.92. The number of hydrogen-bond acceptors (Lipinski definition) is 2. The van der Waals surface area contributed by atoms with E-state index in [1.54, 1.807) is 4.68 Å². The van der Waals surface area contributed by atoms with Crippen molar-refractivity contribution in [2.45, 2.75) is 33.2 Å². The van der Waals surface area contributed by atoms with Gasteiger partial charge in [-0.2, -0.15) is 5.10 Å². The summed E-state index contributed by atoms with van der Waals surface area (Å²) in [5.74, 6) is 0.407. The number of aryl methyl sites for hydroxylation is 1. The molecule has 1 aromatic heterocycles. The molecule has 0 bridgehead atoms. The first-order valence-electron chi connectivity index (χ1n) is 7.89. The Morgan fingerprint density at radius 1 is 1.27 bits per heavy atom. The lowest BCUT2D eigenvalue weighted by atomic mass is 9.78. The molecule has 1 atom stereocenters. The van der Waals surface area contributed by atoms with Gasteiger partial charge < -0.3 is 4.90 Å². The Hall–Kier alpha value is -2.10. The fourth-order valence-electron chi connectivity index (χ4n) is 3.34. The van der Waals surface area contributed by atoms with Crippen LogP contribution >= 0.6 is 0 Å². The Morgan fingerprint density at radius 3 is 2.64 bits per heavy atom. The highest BCUT2D eigenvalue weighted by atomic mass is 16.2. The highest BCUT2D eigenvalue weighted by Crippen LogP contribution is 2.42. The van der Waals surface area contributed by atoms with Crippen LogP contribution in [0.1, 0.15) is 42.7 Å². The average molecular weight is 297 g/mol. The number of carbonyl (C=O) groups is 1. The summed E-state index contributed by atoms with van der Waals surface area (Å²) in [6.07, 6.45) is 1.86. The van der Waals surface area contributed by atoms with Gasteiger partial charge in [0.2, 0.25) is 0 Å². The maximum atomic E-state index is 12.7. The normalized spacial score (nSPS) is 20.3. The first kappa shape index (κ1) is 14.8. The van der Waals surface area contributed by atoms with Gasteiger partial charge in [0.1, 0.15) is 5.69 Å². The molecule has 1 amide bonds. The summed E-state index contributed by atoms with van der Waals surface area (Å²) in [7, 11) is 0. The van der Waals surface area contributed by atoms with Crippen molar-refractivity contribution < 1.29 is 4.79 Å². The Labute approximate surface area is 131 Å². The van der Waals surface area contributed by atoms with E-state index >= 15 is 0 Å². The average Bonchev–Trinajstić information content (AvgIpc) is 3.11. The summed E-state index contributed by atoms with van der Waals surface area (Å²) in [5.41, 5.74) is 1.93. The van der Waals surface area contributed by atoms with Crippen LogP contribution in [-0.2, 0) is 6.54 Å². The number of hydrogen-bond donors (Lipinski definition) is 0. The van der Waals surface area contributed by atoms with Crippen LogP contribution in [0.5, 0.6) is 0 Å². The van der Waals surface area contributed by atoms with E-state index in [-0.39, 0.29) is 11.3 Å². The molecule has 1 aromatic carbocycles. The summed E-state index contributed by atoms with van der Waals surface area (Å²) in [4.78, 5) is 14.6. The van der Waals surface area contributed by atoms with E-state index in [1.165, 1.54) is 5.56 Å². The molecule has 0 radical (unpaired) electrons. The molecule has 3 rings (SSSR count). The lowest BCUT2D eigenvalue weighted by molar-refractivity contribution is 0.0771. The van der Waals surface area contributed by atoms with Crippen molar-refractivity contribution in [2.24, 2.45) is 5.41 Å². The van der Waals surface area contributed by atoms with Crippen molar-refractivity contribution in [1.29, 1.82) is 0 Å². The van der Waals surface area contributed by atoms with Crippen molar-refractivity contribution in [3.63, 3.8) is 0 Å². The molecule has 1 saturated heterocycles. The second-order valence-electron chi connectivity index (χ2n) is 6.69. The largest absolute Gasteiger partial charge is 0.336 e. The Morgan fingerprint density at radius 2 is 2.00 bits per heavy atom. The van der Waals surface area contributed by atoms with E-state index in [2.05, 4.69) is 43.2 Å². The highest BCUT2D eigenvalue weighted by Gasteiger charge is 2.42. The number of rotatable bonds is 3. The predicted molar refractivity (Wildman–Crippen MR) is 86.8 cm³/mol. The molecule has 2 heterocycles. The fraction of sp³-hybridized carbons (Fsp3) is 0.444. The quantitative estimate of drug-likeness (QED) is 0.872. The van der Waals surface area contributed by atoms with E-state index in [9.17, 15) is 4.79 Å². The molecule has 0 saturated carbocycles. The molecule has 0 N–H and O–H groups in total. The molecule has 4 nitrogen and oxygen atoms in total. The summed E-state index contributed by atoms with van der Waals surface area (Å²) >= 11 is 0. The van der Waals surface area contributed by atoms with Crippen LogP contribution in [0.25, 0.3) is 0 Å². The second kappa shape index (κ2) is 5.59. The lowest BCUT2D eigenvalue weighted by Gasteiger charge is -2.25. The summed E-state index contributed by atoms with van der Waals surface area (Å²) in [6, 6.07) is 12.3. The number of carbonyl (C=O) groups excluding carboxylic acids is 1. The Balaban J connectivity index is 1.81. The topological polar surface area (TPSA) is 38.1 Å². The van der Waals surface area contributed by atoms with Gasteiger partial charge in [-0.1, -0.05) is 44.2 Å². The minimum atomic E-state index is 0.0405. The number of aromatic nitrogens is 2. The van der Waals surface area contributed by atoms with Crippen LogP contribution in [0.3, 0.4) is 0 Å². The number of likely N-dealkylation sites (tertiary alicyclic amines) is 1.